The van der Waals surface area contributed by atoms with Crippen molar-refractivity contribution in [2.24, 2.45) is 0 Å². The molecule has 2 aromatic rings. The lowest BCUT2D eigenvalue weighted by molar-refractivity contribution is -0.117. The van der Waals surface area contributed by atoms with Gasteiger partial charge in [0.1, 0.15) is 22.9 Å². The van der Waals surface area contributed by atoms with Crippen LogP contribution in [0.25, 0.3) is 0 Å². The fourth-order valence-electron chi connectivity index (χ4n) is 3.52. The van der Waals surface area contributed by atoms with Gasteiger partial charge in [-0.05, 0) is 57.7 Å². The number of ether oxygens (including phenoxy) is 1. The summed E-state index contributed by atoms with van der Waals surface area (Å²) in [4.78, 5) is 13.4. The van der Waals surface area contributed by atoms with E-state index in [2.05, 4.69) is 4.72 Å². The molecule has 0 aromatic heterocycles. The second kappa shape index (κ2) is 16.1. The molecule has 1 N–H and O–H groups in total. The van der Waals surface area contributed by atoms with Crippen molar-refractivity contribution in [1.82, 2.24) is 4.72 Å². The summed E-state index contributed by atoms with van der Waals surface area (Å²) < 4.78 is 45.0. The Labute approximate surface area is 212 Å². The van der Waals surface area contributed by atoms with Crippen molar-refractivity contribution in [2.45, 2.75) is 64.0 Å². The number of ketones is 1. The van der Waals surface area contributed by atoms with Crippen LogP contribution in [0.15, 0.2) is 59.5 Å². The maximum atomic E-state index is 12.9. The molecule has 0 heterocycles. The van der Waals surface area contributed by atoms with E-state index in [4.69, 9.17) is 13.8 Å². The average molecular weight is 524 g/mol. The van der Waals surface area contributed by atoms with Gasteiger partial charge in [-0.2, -0.15) is 0 Å². The topological polar surface area (TPSA) is 90.9 Å². The van der Waals surface area contributed by atoms with Gasteiger partial charge in [0.2, 0.25) is 0 Å². The molecule has 9 heteroatoms. The zero-order valence-corrected chi connectivity index (χ0v) is 22.7. The molecule has 0 aliphatic rings. The fraction of sp³-hybridized carbons (Fsp3) is 0.500. The van der Waals surface area contributed by atoms with Gasteiger partial charge in [0, 0.05) is 19.1 Å². The molecule has 0 unspecified atom stereocenters. The van der Waals surface area contributed by atoms with Crippen LogP contribution in [-0.2, 0) is 40.7 Å². The lowest BCUT2D eigenvalue weighted by Gasteiger charge is -2.20. The number of aryl methyl sites for hydroxylation is 1. The van der Waals surface area contributed by atoms with Gasteiger partial charge in [0.05, 0.1) is 24.7 Å². The zero-order chi connectivity index (χ0) is 25.5. The summed E-state index contributed by atoms with van der Waals surface area (Å²) in [6, 6.07) is 17.1. The van der Waals surface area contributed by atoms with E-state index in [-0.39, 0.29) is 37.6 Å². The van der Waals surface area contributed by atoms with E-state index in [1.807, 2.05) is 61.5 Å². The van der Waals surface area contributed by atoms with Crippen molar-refractivity contribution >= 4 is 24.4 Å². The first kappa shape index (κ1) is 29.6. The van der Waals surface area contributed by atoms with Crippen LogP contribution in [0.2, 0.25) is 0 Å². The lowest BCUT2D eigenvalue weighted by Crippen LogP contribution is -2.34. The van der Waals surface area contributed by atoms with Gasteiger partial charge in [-0.25, -0.2) is 8.93 Å². The van der Waals surface area contributed by atoms with Crippen LogP contribution in [0.4, 0.5) is 0 Å². The number of unbranched alkanes of at least 4 members (excludes halogenated alkanes) is 1. The summed E-state index contributed by atoms with van der Waals surface area (Å²) in [6.45, 7) is 6.95. The third-order valence-electron chi connectivity index (χ3n) is 5.21. The normalized spacial score (nSPS) is 13.5. The van der Waals surface area contributed by atoms with Crippen LogP contribution < -0.4 is 4.72 Å². The number of rotatable bonds is 18. The molecule has 0 bridgehead atoms. The monoisotopic (exact) mass is 523 g/mol. The zero-order valence-electron chi connectivity index (χ0n) is 20.9. The molecule has 0 aliphatic heterocycles. The number of benzene rings is 2. The van der Waals surface area contributed by atoms with Crippen LogP contribution in [0, 0.1) is 6.92 Å². The van der Waals surface area contributed by atoms with Crippen LogP contribution >= 0.6 is 7.60 Å². The number of hydrogen-bond acceptors (Lipinski definition) is 6. The van der Waals surface area contributed by atoms with E-state index in [1.165, 1.54) is 0 Å². The third kappa shape index (κ3) is 11.7. The van der Waals surface area contributed by atoms with Crippen LogP contribution in [-0.4, -0.2) is 42.0 Å². The highest BCUT2D eigenvalue weighted by Gasteiger charge is 2.29. The predicted molar refractivity (Wildman–Crippen MR) is 140 cm³/mol. The van der Waals surface area contributed by atoms with Crippen molar-refractivity contribution < 1.29 is 27.4 Å². The van der Waals surface area contributed by atoms with Crippen molar-refractivity contribution in [3.63, 3.8) is 0 Å². The van der Waals surface area contributed by atoms with E-state index in [0.29, 0.717) is 24.5 Å². The highest BCUT2D eigenvalue weighted by molar-refractivity contribution is 7.83. The summed E-state index contributed by atoms with van der Waals surface area (Å²) in [5.74, 6) is -0.242. The van der Waals surface area contributed by atoms with Crippen molar-refractivity contribution in [3.05, 3.63) is 65.7 Å². The first-order valence-electron chi connectivity index (χ1n) is 12.1. The molecule has 0 amide bonds. The fourth-order valence-corrected chi connectivity index (χ4v) is 6.15. The number of carbonyl (C=O) groups is 1. The smallest absolute Gasteiger partial charge is 0.338 e. The Morgan fingerprint density at radius 2 is 1.66 bits per heavy atom. The molecule has 0 fully saturated rings. The Hall–Kier alpha value is -1.67. The van der Waals surface area contributed by atoms with Gasteiger partial charge < -0.3 is 13.8 Å². The Morgan fingerprint density at radius 3 is 2.29 bits per heavy atom. The summed E-state index contributed by atoms with van der Waals surface area (Å²) >= 11 is 0. The second-order valence-electron chi connectivity index (χ2n) is 8.28. The SMILES string of the molecule is CCOP(=O)(CC(=O)C[C@H](CCCCOCc1ccccc1)N[S@@](=O)c1ccc(C)cc1)OCC. The van der Waals surface area contributed by atoms with Gasteiger partial charge in [-0.3, -0.25) is 9.36 Å². The average Bonchev–Trinajstić information content (AvgIpc) is 2.82. The van der Waals surface area contributed by atoms with Gasteiger partial charge >= 0.3 is 7.60 Å². The Balaban J connectivity index is 1.91. The highest BCUT2D eigenvalue weighted by atomic mass is 32.2. The predicted octanol–water partition coefficient (Wildman–Crippen LogP) is 5.59. The Kier molecular flexibility index (Phi) is 13.6. The van der Waals surface area contributed by atoms with Crippen LogP contribution in [0.5, 0.6) is 0 Å². The van der Waals surface area contributed by atoms with E-state index < -0.39 is 18.6 Å². The Bertz CT molecular complexity index is 944. The Morgan fingerprint density at radius 1 is 1.00 bits per heavy atom. The van der Waals surface area contributed by atoms with Crippen molar-refractivity contribution in [3.8, 4) is 0 Å². The molecule has 0 saturated carbocycles. The first-order chi connectivity index (χ1) is 16.8. The minimum Gasteiger partial charge on any atom is -0.377 e. The van der Waals surface area contributed by atoms with Crippen LogP contribution in [0.3, 0.4) is 0 Å². The van der Waals surface area contributed by atoms with Gasteiger partial charge in [0.15, 0.2) is 0 Å². The number of Topliss-reactive ketones (excluding diaryl/α,β-unsaturated/α-hetero) is 1. The molecular weight excluding hydrogens is 485 g/mol. The van der Waals surface area contributed by atoms with Crippen LogP contribution in [0.1, 0.15) is 50.7 Å². The quantitative estimate of drug-likeness (QED) is 0.202. The standard InChI is InChI=1S/C26H38NO6PS/c1-4-32-34(29,33-5-2)21-25(28)19-24(27-35(30)26-16-14-22(3)15-17-26)13-9-10-18-31-20-23-11-7-6-8-12-23/h6-8,11-12,14-17,24,27H,4-5,9-10,13,18-21H2,1-3H3/t24-,35-/m0/s1. The summed E-state index contributed by atoms with van der Waals surface area (Å²) in [6.07, 6.45) is 2.04. The molecule has 0 aliphatic carbocycles. The number of nitrogens with one attached hydrogen (secondary N) is 1. The maximum Gasteiger partial charge on any atom is 0.338 e. The minimum atomic E-state index is -3.47. The first-order valence-corrected chi connectivity index (χ1v) is 15.0. The summed E-state index contributed by atoms with van der Waals surface area (Å²) in [7, 11) is -4.94. The summed E-state index contributed by atoms with van der Waals surface area (Å²) in [5, 5.41) is 0. The molecule has 0 radical (unpaired) electrons. The number of carbonyl (C=O) groups excluding carboxylic acids is 1. The van der Waals surface area contributed by atoms with Gasteiger partial charge in [-0.1, -0.05) is 48.0 Å². The lowest BCUT2D eigenvalue weighted by atomic mass is 10.1. The van der Waals surface area contributed by atoms with Gasteiger partial charge in [0.25, 0.3) is 0 Å². The van der Waals surface area contributed by atoms with E-state index >= 15 is 0 Å². The molecule has 0 spiro atoms. The summed E-state index contributed by atoms with van der Waals surface area (Å²) in [5.41, 5.74) is 2.20. The molecule has 2 atom stereocenters. The maximum absolute atomic E-state index is 12.9. The van der Waals surface area contributed by atoms with E-state index in [0.717, 1.165) is 24.0 Å². The van der Waals surface area contributed by atoms with Crippen molar-refractivity contribution in [1.29, 1.82) is 0 Å². The highest BCUT2D eigenvalue weighted by Crippen LogP contribution is 2.48. The molecular formula is C26H38NO6PS. The van der Waals surface area contributed by atoms with E-state index in [1.54, 1.807) is 13.8 Å². The van der Waals surface area contributed by atoms with E-state index in [9.17, 15) is 13.6 Å². The second-order valence-corrected chi connectivity index (χ2v) is 11.6. The molecule has 35 heavy (non-hydrogen) atoms. The molecule has 7 nitrogen and oxygen atoms in total. The van der Waals surface area contributed by atoms with Gasteiger partial charge in [-0.15, -0.1) is 0 Å². The largest absolute Gasteiger partial charge is 0.377 e. The molecule has 0 saturated heterocycles. The number of hydrogen-bond donors (Lipinski definition) is 1. The van der Waals surface area contributed by atoms with Crippen molar-refractivity contribution in [2.75, 3.05) is 26.0 Å². The molecule has 2 aromatic carbocycles. The third-order valence-corrected chi connectivity index (χ3v) is 8.50. The minimum absolute atomic E-state index is 0.0899. The molecule has 2 rings (SSSR count). The molecule has 194 valence electrons.